The van der Waals surface area contributed by atoms with Gasteiger partial charge in [-0.3, -0.25) is 0 Å². The smallest absolute Gasteiger partial charge is 0.133 e. The van der Waals surface area contributed by atoms with E-state index in [0.29, 0.717) is 0 Å². The van der Waals surface area contributed by atoms with Crippen LogP contribution in [-0.2, 0) is 11.2 Å². The van der Waals surface area contributed by atoms with Gasteiger partial charge in [-0.2, -0.15) is 0 Å². The van der Waals surface area contributed by atoms with Gasteiger partial charge in [-0.25, -0.2) is 9.97 Å². The standard InChI is InChI=1S/C14H24N4O/c1-4-5-11-16-12(15-3)10-13(17-11)18-14(2)6-8-19-9-7-14/h10H,4-9H2,1-3H3,(H2,15,16,17,18). The van der Waals surface area contributed by atoms with Crippen LogP contribution in [0.15, 0.2) is 6.07 Å². The van der Waals surface area contributed by atoms with E-state index in [1.807, 2.05) is 13.1 Å². The molecule has 19 heavy (non-hydrogen) atoms. The van der Waals surface area contributed by atoms with E-state index in [9.17, 15) is 0 Å². The van der Waals surface area contributed by atoms with Crippen molar-refractivity contribution in [3.05, 3.63) is 11.9 Å². The molecule has 0 atom stereocenters. The summed E-state index contributed by atoms with van der Waals surface area (Å²) < 4.78 is 5.42. The summed E-state index contributed by atoms with van der Waals surface area (Å²) in [7, 11) is 1.89. The molecule has 0 saturated carbocycles. The molecule has 0 aromatic carbocycles. The maximum absolute atomic E-state index is 5.42. The third-order valence-electron chi connectivity index (χ3n) is 3.53. The Morgan fingerprint density at radius 2 is 1.95 bits per heavy atom. The third kappa shape index (κ3) is 3.80. The molecule has 5 nitrogen and oxygen atoms in total. The first kappa shape index (κ1) is 14.1. The average Bonchev–Trinajstić information content (AvgIpc) is 2.39. The number of rotatable bonds is 5. The van der Waals surface area contributed by atoms with E-state index in [2.05, 4.69) is 34.4 Å². The Balaban J connectivity index is 2.16. The minimum absolute atomic E-state index is 0.0705. The fourth-order valence-electron chi connectivity index (χ4n) is 2.28. The summed E-state index contributed by atoms with van der Waals surface area (Å²) in [6.45, 7) is 6.00. The molecule has 0 unspecified atom stereocenters. The van der Waals surface area contributed by atoms with Gasteiger partial charge >= 0.3 is 0 Å². The number of nitrogens with one attached hydrogen (secondary N) is 2. The maximum Gasteiger partial charge on any atom is 0.133 e. The molecule has 106 valence electrons. The van der Waals surface area contributed by atoms with E-state index in [1.165, 1.54) is 0 Å². The lowest BCUT2D eigenvalue weighted by Crippen LogP contribution is -2.41. The van der Waals surface area contributed by atoms with Crippen molar-refractivity contribution in [1.82, 2.24) is 9.97 Å². The van der Waals surface area contributed by atoms with Gasteiger partial charge in [0.15, 0.2) is 0 Å². The highest BCUT2D eigenvalue weighted by atomic mass is 16.5. The van der Waals surface area contributed by atoms with E-state index < -0.39 is 0 Å². The van der Waals surface area contributed by atoms with Crippen molar-refractivity contribution < 1.29 is 4.74 Å². The van der Waals surface area contributed by atoms with E-state index in [4.69, 9.17) is 4.74 Å². The molecule has 1 aromatic heterocycles. The summed E-state index contributed by atoms with van der Waals surface area (Å²) in [5, 5.41) is 6.66. The van der Waals surface area contributed by atoms with Crippen molar-refractivity contribution in [3.63, 3.8) is 0 Å². The minimum Gasteiger partial charge on any atom is -0.381 e. The van der Waals surface area contributed by atoms with Crippen LogP contribution in [0.1, 0.15) is 38.9 Å². The monoisotopic (exact) mass is 264 g/mol. The van der Waals surface area contributed by atoms with Crippen molar-refractivity contribution >= 4 is 11.6 Å². The molecular weight excluding hydrogens is 240 g/mol. The van der Waals surface area contributed by atoms with Gasteiger partial charge in [0.1, 0.15) is 17.5 Å². The Morgan fingerprint density at radius 3 is 2.58 bits per heavy atom. The second-order valence-electron chi connectivity index (χ2n) is 5.35. The quantitative estimate of drug-likeness (QED) is 0.855. The van der Waals surface area contributed by atoms with E-state index in [-0.39, 0.29) is 5.54 Å². The van der Waals surface area contributed by atoms with Gasteiger partial charge in [-0.1, -0.05) is 6.92 Å². The fraction of sp³-hybridized carbons (Fsp3) is 0.714. The van der Waals surface area contributed by atoms with Gasteiger partial charge in [0.25, 0.3) is 0 Å². The van der Waals surface area contributed by atoms with Crippen LogP contribution in [0.3, 0.4) is 0 Å². The van der Waals surface area contributed by atoms with Gasteiger partial charge in [0.2, 0.25) is 0 Å². The highest BCUT2D eigenvalue weighted by Crippen LogP contribution is 2.25. The van der Waals surface area contributed by atoms with Crippen LogP contribution >= 0.6 is 0 Å². The van der Waals surface area contributed by atoms with Crippen LogP contribution in [0.2, 0.25) is 0 Å². The zero-order valence-corrected chi connectivity index (χ0v) is 12.1. The Bertz CT molecular complexity index is 416. The third-order valence-corrected chi connectivity index (χ3v) is 3.53. The molecule has 1 saturated heterocycles. The number of hydrogen-bond donors (Lipinski definition) is 2. The summed E-state index contributed by atoms with van der Waals surface area (Å²) >= 11 is 0. The molecule has 1 aliphatic rings. The van der Waals surface area contributed by atoms with Gasteiger partial charge in [-0.05, 0) is 26.2 Å². The number of nitrogens with zero attached hydrogens (tertiary/aromatic N) is 2. The molecule has 0 spiro atoms. The molecule has 2 heterocycles. The van der Waals surface area contributed by atoms with Crippen molar-refractivity contribution in [2.45, 2.75) is 45.1 Å². The van der Waals surface area contributed by atoms with Crippen molar-refractivity contribution in [2.75, 3.05) is 30.9 Å². The predicted octanol–water partition coefficient (Wildman–Crippen LogP) is 2.45. The molecule has 0 radical (unpaired) electrons. The molecular formula is C14H24N4O. The summed E-state index contributed by atoms with van der Waals surface area (Å²) in [6.07, 6.45) is 3.98. The molecule has 0 amide bonds. The zero-order chi connectivity index (χ0) is 13.7. The first-order chi connectivity index (χ1) is 9.15. The number of aromatic nitrogens is 2. The molecule has 5 heteroatoms. The molecule has 2 rings (SSSR count). The van der Waals surface area contributed by atoms with Crippen LogP contribution in [0, 0.1) is 0 Å². The predicted molar refractivity (Wildman–Crippen MR) is 77.7 cm³/mol. The molecule has 1 fully saturated rings. The molecule has 0 aliphatic carbocycles. The molecule has 1 aliphatic heterocycles. The molecule has 0 bridgehead atoms. The normalized spacial score (nSPS) is 18.1. The van der Waals surface area contributed by atoms with E-state index in [1.54, 1.807) is 0 Å². The van der Waals surface area contributed by atoms with Gasteiger partial charge in [-0.15, -0.1) is 0 Å². The van der Waals surface area contributed by atoms with Crippen LogP contribution in [0.4, 0.5) is 11.6 Å². The van der Waals surface area contributed by atoms with E-state index >= 15 is 0 Å². The maximum atomic E-state index is 5.42. The Labute approximate surface area is 115 Å². The SMILES string of the molecule is CCCc1nc(NC)cc(NC2(C)CCOCC2)n1. The van der Waals surface area contributed by atoms with Crippen LogP contribution < -0.4 is 10.6 Å². The zero-order valence-electron chi connectivity index (χ0n) is 12.1. The number of ether oxygens (including phenoxy) is 1. The number of anilines is 2. The summed E-state index contributed by atoms with van der Waals surface area (Å²) in [5.41, 5.74) is 0.0705. The van der Waals surface area contributed by atoms with Crippen LogP contribution in [0.5, 0.6) is 0 Å². The minimum atomic E-state index is 0.0705. The Kier molecular flexibility index (Phi) is 4.58. The largest absolute Gasteiger partial charge is 0.381 e. The second kappa shape index (κ2) is 6.19. The fourth-order valence-corrected chi connectivity index (χ4v) is 2.28. The summed E-state index contributed by atoms with van der Waals surface area (Å²) in [6, 6.07) is 1.97. The second-order valence-corrected chi connectivity index (χ2v) is 5.35. The lowest BCUT2D eigenvalue weighted by Gasteiger charge is -2.35. The summed E-state index contributed by atoms with van der Waals surface area (Å²) in [4.78, 5) is 9.08. The van der Waals surface area contributed by atoms with Crippen LogP contribution in [0.25, 0.3) is 0 Å². The van der Waals surface area contributed by atoms with Crippen molar-refractivity contribution in [2.24, 2.45) is 0 Å². The van der Waals surface area contributed by atoms with Gasteiger partial charge in [0, 0.05) is 38.3 Å². The Hall–Kier alpha value is -1.36. The van der Waals surface area contributed by atoms with Crippen molar-refractivity contribution in [3.8, 4) is 0 Å². The average molecular weight is 264 g/mol. The lowest BCUT2D eigenvalue weighted by atomic mass is 9.92. The first-order valence-electron chi connectivity index (χ1n) is 7.07. The molecule has 1 aromatic rings. The lowest BCUT2D eigenvalue weighted by molar-refractivity contribution is 0.0657. The van der Waals surface area contributed by atoms with Crippen molar-refractivity contribution in [1.29, 1.82) is 0 Å². The highest BCUT2D eigenvalue weighted by molar-refractivity contribution is 5.48. The molecule has 2 N–H and O–H groups in total. The Morgan fingerprint density at radius 1 is 1.26 bits per heavy atom. The van der Waals surface area contributed by atoms with Crippen LogP contribution in [-0.4, -0.2) is 35.8 Å². The topological polar surface area (TPSA) is 59.1 Å². The van der Waals surface area contributed by atoms with E-state index in [0.717, 1.165) is 56.4 Å². The van der Waals surface area contributed by atoms with Gasteiger partial charge < -0.3 is 15.4 Å². The first-order valence-corrected chi connectivity index (χ1v) is 7.07. The summed E-state index contributed by atoms with van der Waals surface area (Å²) in [5.74, 6) is 2.68. The number of hydrogen-bond acceptors (Lipinski definition) is 5. The van der Waals surface area contributed by atoms with Gasteiger partial charge in [0.05, 0.1) is 0 Å². The number of aryl methyl sites for hydroxylation is 1. The highest BCUT2D eigenvalue weighted by Gasteiger charge is 2.27.